The van der Waals surface area contributed by atoms with Gasteiger partial charge in [0.15, 0.2) is 0 Å². The fourth-order valence-electron chi connectivity index (χ4n) is 3.63. The summed E-state index contributed by atoms with van der Waals surface area (Å²) in [6.07, 6.45) is 1.77. The highest BCUT2D eigenvalue weighted by atomic mass is 16.6. The molecule has 0 aromatic carbocycles. The number of fused-ring (bicyclic) bond motifs is 2. The fraction of sp³-hybridized carbons (Fsp3) is 0.846. The number of amides is 1. The predicted octanol–water partition coefficient (Wildman–Crippen LogP) is 1.08. The number of esters is 1. The van der Waals surface area contributed by atoms with Gasteiger partial charge in [-0.2, -0.15) is 0 Å². The number of piperidine rings is 2. The van der Waals surface area contributed by atoms with Gasteiger partial charge in [-0.3, -0.25) is 9.69 Å². The van der Waals surface area contributed by atoms with E-state index in [0.29, 0.717) is 6.61 Å². The zero-order valence-electron chi connectivity index (χ0n) is 11.2. The maximum Gasteiger partial charge on any atom is 0.410 e. The third-order valence-electron chi connectivity index (χ3n) is 4.24. The Hall–Kier alpha value is -1.30. The van der Waals surface area contributed by atoms with Crippen LogP contribution in [-0.4, -0.2) is 54.0 Å². The third-order valence-corrected chi connectivity index (χ3v) is 4.24. The van der Waals surface area contributed by atoms with Crippen molar-refractivity contribution in [3.05, 3.63) is 0 Å². The molecule has 0 aromatic heterocycles. The van der Waals surface area contributed by atoms with Gasteiger partial charge in [-0.25, -0.2) is 4.79 Å². The Morgan fingerprint density at radius 3 is 2.74 bits per heavy atom. The molecule has 6 nitrogen and oxygen atoms in total. The van der Waals surface area contributed by atoms with Crippen molar-refractivity contribution in [3.8, 4) is 0 Å². The summed E-state index contributed by atoms with van der Waals surface area (Å²) >= 11 is 0. The molecule has 19 heavy (non-hydrogen) atoms. The molecule has 0 aromatic rings. The van der Waals surface area contributed by atoms with Crippen LogP contribution in [0, 0.1) is 0 Å². The molecule has 1 amide bonds. The Morgan fingerprint density at radius 1 is 1.26 bits per heavy atom. The summed E-state index contributed by atoms with van der Waals surface area (Å²) in [5.41, 5.74) is 0. The first-order valence-corrected chi connectivity index (χ1v) is 6.89. The van der Waals surface area contributed by atoms with Crippen LogP contribution in [0.1, 0.15) is 33.1 Å². The summed E-state index contributed by atoms with van der Waals surface area (Å²) in [7, 11) is 0. The summed E-state index contributed by atoms with van der Waals surface area (Å²) in [5.74, 6) is -0.328. The van der Waals surface area contributed by atoms with E-state index in [-0.39, 0.29) is 42.5 Å². The van der Waals surface area contributed by atoms with Crippen LogP contribution < -0.4 is 0 Å². The monoisotopic (exact) mass is 269 g/mol. The lowest BCUT2D eigenvalue weighted by molar-refractivity contribution is -0.158. The lowest BCUT2D eigenvalue weighted by atomic mass is 9.83. The van der Waals surface area contributed by atoms with Gasteiger partial charge >= 0.3 is 12.1 Å². The normalized spacial score (nSPS) is 39.3. The van der Waals surface area contributed by atoms with E-state index in [1.807, 2.05) is 0 Å². The third kappa shape index (κ3) is 1.98. The van der Waals surface area contributed by atoms with Crippen LogP contribution in [0.15, 0.2) is 0 Å². The van der Waals surface area contributed by atoms with Crippen molar-refractivity contribution in [1.82, 2.24) is 4.90 Å². The van der Waals surface area contributed by atoms with Gasteiger partial charge in [-0.05, 0) is 19.8 Å². The topological polar surface area (TPSA) is 65.1 Å². The highest BCUT2D eigenvalue weighted by Crippen LogP contribution is 2.44. The van der Waals surface area contributed by atoms with Crippen molar-refractivity contribution in [3.63, 3.8) is 0 Å². The molecule has 1 unspecified atom stereocenters. The van der Waals surface area contributed by atoms with Gasteiger partial charge in [0.25, 0.3) is 0 Å². The van der Waals surface area contributed by atoms with E-state index in [9.17, 15) is 9.59 Å². The molecule has 6 heteroatoms. The van der Waals surface area contributed by atoms with E-state index in [0.717, 1.165) is 19.3 Å². The molecule has 3 fully saturated rings. The summed E-state index contributed by atoms with van der Waals surface area (Å²) in [6, 6.07) is -0.0277. The summed E-state index contributed by atoms with van der Waals surface area (Å²) < 4.78 is 16.4. The van der Waals surface area contributed by atoms with Gasteiger partial charge in [-0.15, -0.1) is 0 Å². The Labute approximate surface area is 112 Å². The minimum Gasteiger partial charge on any atom is -0.458 e. The Bertz CT molecular complexity index is 398. The first-order chi connectivity index (χ1) is 9.11. The van der Waals surface area contributed by atoms with Crippen molar-refractivity contribution in [2.75, 3.05) is 6.61 Å². The van der Waals surface area contributed by atoms with Gasteiger partial charge in [0, 0.05) is 13.3 Å². The predicted molar refractivity (Wildman–Crippen MR) is 64.5 cm³/mol. The number of nitrogens with zero attached hydrogens (tertiary/aromatic N) is 1. The molecular weight excluding hydrogens is 250 g/mol. The second-order valence-corrected chi connectivity index (χ2v) is 5.34. The molecule has 3 aliphatic rings. The van der Waals surface area contributed by atoms with Crippen LogP contribution in [0.2, 0.25) is 0 Å². The average molecular weight is 269 g/mol. The van der Waals surface area contributed by atoms with Crippen LogP contribution in [0.25, 0.3) is 0 Å². The highest BCUT2D eigenvalue weighted by Gasteiger charge is 2.58. The molecule has 0 spiro atoms. The molecule has 3 saturated heterocycles. The molecule has 0 aliphatic carbocycles. The second-order valence-electron chi connectivity index (χ2n) is 5.34. The van der Waals surface area contributed by atoms with E-state index in [2.05, 4.69) is 0 Å². The zero-order valence-corrected chi connectivity index (χ0v) is 11.2. The quantitative estimate of drug-likeness (QED) is 0.702. The zero-order chi connectivity index (χ0) is 13.6. The van der Waals surface area contributed by atoms with E-state index < -0.39 is 0 Å². The largest absolute Gasteiger partial charge is 0.458 e. The van der Waals surface area contributed by atoms with Crippen molar-refractivity contribution in [2.45, 2.75) is 63.5 Å². The minimum absolute atomic E-state index is 0.0613. The Kier molecular flexibility index (Phi) is 3.12. The van der Waals surface area contributed by atoms with Gasteiger partial charge in [-0.1, -0.05) is 0 Å². The average Bonchev–Trinajstić information content (AvgIpc) is 2.66. The van der Waals surface area contributed by atoms with E-state index in [4.69, 9.17) is 14.2 Å². The van der Waals surface area contributed by atoms with E-state index in [1.54, 1.807) is 11.8 Å². The van der Waals surface area contributed by atoms with Crippen LogP contribution in [-0.2, 0) is 19.0 Å². The first-order valence-electron chi connectivity index (χ1n) is 6.89. The number of ether oxygens (including phenoxy) is 3. The van der Waals surface area contributed by atoms with Crippen LogP contribution in [0.5, 0.6) is 0 Å². The Balaban J connectivity index is 1.85. The SMILES string of the molecule is CCOC(=O)N1[C@@H]2C[C@@H]3O[C@@H]2CC[C@H]1C3OC(C)=O. The number of carbonyl (C=O) groups is 2. The van der Waals surface area contributed by atoms with Gasteiger partial charge in [0.2, 0.25) is 0 Å². The molecule has 106 valence electrons. The number of carbonyl (C=O) groups excluding carboxylic acids is 2. The highest BCUT2D eigenvalue weighted by molar-refractivity contribution is 5.70. The van der Waals surface area contributed by atoms with Gasteiger partial charge in [0.1, 0.15) is 6.10 Å². The maximum atomic E-state index is 12.1. The van der Waals surface area contributed by atoms with E-state index in [1.165, 1.54) is 6.92 Å². The van der Waals surface area contributed by atoms with Crippen molar-refractivity contribution in [1.29, 1.82) is 0 Å². The first kappa shape index (κ1) is 12.7. The van der Waals surface area contributed by atoms with Crippen LogP contribution in [0.4, 0.5) is 4.79 Å². The lowest BCUT2D eigenvalue weighted by Crippen LogP contribution is -2.62. The standard InChI is InChI=1S/C13H19NO5/c1-3-17-13(16)14-8-4-5-10-9(14)6-11(19-10)12(8)18-7(2)15/h8-12H,3-6H2,1-2H3/t8-,9+,10+,11-,12?/m0/s1. The summed E-state index contributed by atoms with van der Waals surface area (Å²) in [4.78, 5) is 25.1. The van der Waals surface area contributed by atoms with Crippen molar-refractivity contribution < 1.29 is 23.8 Å². The second kappa shape index (κ2) is 4.67. The van der Waals surface area contributed by atoms with Crippen molar-refractivity contribution >= 4 is 12.1 Å². The molecule has 3 aliphatic heterocycles. The molecule has 3 bridgehead atoms. The van der Waals surface area contributed by atoms with Crippen molar-refractivity contribution in [2.24, 2.45) is 0 Å². The fourth-order valence-corrected chi connectivity index (χ4v) is 3.63. The van der Waals surface area contributed by atoms with Crippen LogP contribution >= 0.6 is 0 Å². The van der Waals surface area contributed by atoms with Gasteiger partial charge < -0.3 is 14.2 Å². The number of rotatable bonds is 2. The number of hydrogen-bond acceptors (Lipinski definition) is 5. The molecular formula is C13H19NO5. The lowest BCUT2D eigenvalue weighted by Gasteiger charge is -2.46. The number of hydrogen-bond donors (Lipinski definition) is 0. The van der Waals surface area contributed by atoms with Crippen LogP contribution in [0.3, 0.4) is 0 Å². The molecule has 3 heterocycles. The minimum atomic E-state index is -0.356. The maximum absolute atomic E-state index is 12.1. The smallest absolute Gasteiger partial charge is 0.410 e. The molecule has 0 radical (unpaired) electrons. The molecule has 3 rings (SSSR count). The molecule has 0 saturated carbocycles. The summed E-state index contributed by atoms with van der Waals surface area (Å²) in [5, 5.41) is 0. The molecule has 0 N–H and O–H groups in total. The Morgan fingerprint density at radius 2 is 2.05 bits per heavy atom. The van der Waals surface area contributed by atoms with Gasteiger partial charge in [0.05, 0.1) is 30.9 Å². The molecule has 5 atom stereocenters. The van der Waals surface area contributed by atoms with E-state index >= 15 is 0 Å². The summed E-state index contributed by atoms with van der Waals surface area (Å²) in [6.45, 7) is 3.53.